The van der Waals surface area contributed by atoms with Crippen molar-refractivity contribution in [3.8, 4) is 11.5 Å². The van der Waals surface area contributed by atoms with Gasteiger partial charge in [-0.1, -0.05) is 85.6 Å². The molecule has 0 aromatic heterocycles. The van der Waals surface area contributed by atoms with Crippen molar-refractivity contribution in [1.82, 2.24) is 5.32 Å². The first kappa shape index (κ1) is 24.1. The highest BCUT2D eigenvalue weighted by Gasteiger charge is 2.14. The fraction of sp³-hybridized carbons (Fsp3) is 0.280. The van der Waals surface area contributed by atoms with E-state index >= 15 is 0 Å². The van der Waals surface area contributed by atoms with Gasteiger partial charge in [0, 0.05) is 12.6 Å². The van der Waals surface area contributed by atoms with E-state index in [2.05, 4.69) is 36.5 Å². The second kappa shape index (κ2) is 12.5. The lowest BCUT2D eigenvalue weighted by molar-refractivity contribution is 0.284. The van der Waals surface area contributed by atoms with Gasteiger partial charge in [0.2, 0.25) is 0 Å². The van der Waals surface area contributed by atoms with Gasteiger partial charge in [-0.15, -0.1) is 12.4 Å². The van der Waals surface area contributed by atoms with Gasteiger partial charge < -0.3 is 14.8 Å². The Hall–Kier alpha value is -2.20. The van der Waals surface area contributed by atoms with Crippen LogP contribution in [0.15, 0.2) is 72.8 Å². The van der Waals surface area contributed by atoms with E-state index in [0.29, 0.717) is 35.7 Å². The SMILES string of the molecule is CCCC(NCc1cc(Cl)c(OCc2ccccc2)c(OC)c1)c1ccccc1.Cl. The summed E-state index contributed by atoms with van der Waals surface area (Å²) in [5.41, 5.74) is 3.45. The van der Waals surface area contributed by atoms with E-state index < -0.39 is 0 Å². The minimum atomic E-state index is 0. The van der Waals surface area contributed by atoms with Gasteiger partial charge in [-0.25, -0.2) is 0 Å². The molecule has 0 amide bonds. The molecule has 3 nitrogen and oxygen atoms in total. The van der Waals surface area contributed by atoms with Crippen molar-refractivity contribution in [2.45, 2.75) is 39.0 Å². The van der Waals surface area contributed by atoms with Crippen molar-refractivity contribution < 1.29 is 9.47 Å². The summed E-state index contributed by atoms with van der Waals surface area (Å²) in [5.74, 6) is 1.23. The maximum absolute atomic E-state index is 6.54. The number of ether oxygens (including phenoxy) is 2. The fourth-order valence-corrected chi connectivity index (χ4v) is 3.63. The topological polar surface area (TPSA) is 30.5 Å². The average Bonchev–Trinajstić information content (AvgIpc) is 2.76. The lowest BCUT2D eigenvalue weighted by Crippen LogP contribution is -2.20. The minimum Gasteiger partial charge on any atom is -0.493 e. The number of rotatable bonds is 10. The highest BCUT2D eigenvalue weighted by atomic mass is 35.5. The smallest absolute Gasteiger partial charge is 0.180 e. The predicted octanol–water partition coefficient (Wildman–Crippen LogP) is 6.98. The van der Waals surface area contributed by atoms with Gasteiger partial charge in [0.25, 0.3) is 0 Å². The van der Waals surface area contributed by atoms with Crippen LogP contribution in [0, 0.1) is 0 Å². The van der Waals surface area contributed by atoms with Crippen LogP contribution < -0.4 is 14.8 Å². The van der Waals surface area contributed by atoms with Crippen LogP contribution in [0.5, 0.6) is 11.5 Å². The summed E-state index contributed by atoms with van der Waals surface area (Å²) in [4.78, 5) is 0. The van der Waals surface area contributed by atoms with Crippen molar-refractivity contribution in [3.63, 3.8) is 0 Å². The molecular weight excluding hydrogens is 417 g/mol. The van der Waals surface area contributed by atoms with Gasteiger partial charge in [0.05, 0.1) is 12.1 Å². The molecule has 0 bridgehead atoms. The molecule has 0 aliphatic heterocycles. The lowest BCUT2D eigenvalue weighted by Gasteiger charge is -2.20. The summed E-state index contributed by atoms with van der Waals surface area (Å²) < 4.78 is 11.5. The number of halogens is 2. The van der Waals surface area contributed by atoms with Gasteiger partial charge in [-0.05, 0) is 35.2 Å². The first-order valence-electron chi connectivity index (χ1n) is 10.0. The summed E-state index contributed by atoms with van der Waals surface area (Å²) in [6, 6.07) is 24.8. The van der Waals surface area contributed by atoms with Crippen molar-refractivity contribution in [2.24, 2.45) is 0 Å². The molecule has 3 aromatic carbocycles. The summed E-state index contributed by atoms with van der Waals surface area (Å²) in [7, 11) is 1.64. The summed E-state index contributed by atoms with van der Waals surface area (Å²) in [5, 5.41) is 4.21. The first-order chi connectivity index (χ1) is 14.2. The van der Waals surface area contributed by atoms with Gasteiger partial charge >= 0.3 is 0 Å². The first-order valence-corrected chi connectivity index (χ1v) is 10.4. The van der Waals surface area contributed by atoms with E-state index in [1.165, 1.54) is 5.56 Å². The van der Waals surface area contributed by atoms with E-state index in [1.807, 2.05) is 48.5 Å². The Bertz CT molecular complexity index is 888. The van der Waals surface area contributed by atoms with Gasteiger partial charge in [0.15, 0.2) is 11.5 Å². The van der Waals surface area contributed by atoms with Crippen LogP contribution >= 0.6 is 24.0 Å². The molecule has 1 N–H and O–H groups in total. The zero-order valence-corrected chi connectivity index (χ0v) is 19.0. The molecule has 30 heavy (non-hydrogen) atoms. The van der Waals surface area contributed by atoms with E-state index in [0.717, 1.165) is 24.0 Å². The van der Waals surface area contributed by atoms with Crippen LogP contribution in [0.2, 0.25) is 5.02 Å². The van der Waals surface area contributed by atoms with Crippen LogP contribution in [0.4, 0.5) is 0 Å². The molecule has 0 saturated carbocycles. The van der Waals surface area contributed by atoms with E-state index in [9.17, 15) is 0 Å². The number of methoxy groups -OCH3 is 1. The summed E-state index contributed by atoms with van der Waals surface area (Å²) in [6.07, 6.45) is 2.19. The Morgan fingerprint density at radius 2 is 1.60 bits per heavy atom. The van der Waals surface area contributed by atoms with E-state index in [-0.39, 0.29) is 12.4 Å². The Morgan fingerprint density at radius 1 is 0.933 bits per heavy atom. The Morgan fingerprint density at radius 3 is 2.23 bits per heavy atom. The minimum absolute atomic E-state index is 0. The van der Waals surface area contributed by atoms with Crippen LogP contribution in [-0.2, 0) is 13.2 Å². The van der Waals surface area contributed by atoms with Gasteiger partial charge in [-0.2, -0.15) is 0 Å². The largest absolute Gasteiger partial charge is 0.493 e. The highest BCUT2D eigenvalue weighted by Crippen LogP contribution is 2.37. The molecule has 1 atom stereocenters. The molecule has 0 spiro atoms. The molecule has 0 saturated heterocycles. The van der Waals surface area contributed by atoms with E-state index in [4.69, 9.17) is 21.1 Å². The second-order valence-corrected chi connectivity index (χ2v) is 7.42. The quantitative estimate of drug-likeness (QED) is 0.364. The summed E-state index contributed by atoms with van der Waals surface area (Å²) in [6.45, 7) is 3.35. The third-order valence-corrected chi connectivity index (χ3v) is 5.13. The Balaban J connectivity index is 0.00000320. The maximum Gasteiger partial charge on any atom is 0.180 e. The predicted molar refractivity (Wildman–Crippen MR) is 127 cm³/mol. The number of benzene rings is 3. The molecule has 3 rings (SSSR count). The van der Waals surface area contributed by atoms with Crippen LogP contribution in [-0.4, -0.2) is 7.11 Å². The van der Waals surface area contributed by atoms with Gasteiger partial charge in [-0.3, -0.25) is 0 Å². The molecule has 0 aliphatic carbocycles. The molecular formula is C25H29Cl2NO2. The Kier molecular flexibility index (Phi) is 10.0. The molecule has 3 aromatic rings. The van der Waals surface area contributed by atoms with Crippen molar-refractivity contribution in [2.75, 3.05) is 7.11 Å². The van der Waals surface area contributed by atoms with Crippen molar-refractivity contribution in [3.05, 3.63) is 94.5 Å². The second-order valence-electron chi connectivity index (χ2n) is 7.02. The zero-order valence-electron chi connectivity index (χ0n) is 17.4. The van der Waals surface area contributed by atoms with Crippen molar-refractivity contribution >= 4 is 24.0 Å². The molecule has 0 aliphatic rings. The normalized spacial score (nSPS) is 11.4. The van der Waals surface area contributed by atoms with Crippen LogP contribution in [0.1, 0.15) is 42.5 Å². The zero-order chi connectivity index (χ0) is 20.5. The lowest BCUT2D eigenvalue weighted by atomic mass is 10.0. The highest BCUT2D eigenvalue weighted by molar-refractivity contribution is 6.32. The monoisotopic (exact) mass is 445 g/mol. The van der Waals surface area contributed by atoms with Crippen LogP contribution in [0.3, 0.4) is 0 Å². The van der Waals surface area contributed by atoms with E-state index in [1.54, 1.807) is 7.11 Å². The van der Waals surface area contributed by atoms with Crippen LogP contribution in [0.25, 0.3) is 0 Å². The standard InChI is InChI=1S/C25H28ClNO2.ClH/c1-3-10-23(21-13-8-5-9-14-21)27-17-20-15-22(26)25(24(16-20)28-2)29-18-19-11-6-4-7-12-19;/h4-9,11-16,23,27H,3,10,17-18H2,1-2H3;1H. The molecule has 0 heterocycles. The molecule has 0 radical (unpaired) electrons. The molecule has 160 valence electrons. The summed E-state index contributed by atoms with van der Waals surface area (Å²) >= 11 is 6.54. The Labute approximate surface area is 190 Å². The number of nitrogens with one attached hydrogen (secondary N) is 1. The van der Waals surface area contributed by atoms with Gasteiger partial charge in [0.1, 0.15) is 6.61 Å². The fourth-order valence-electron chi connectivity index (χ4n) is 3.35. The van der Waals surface area contributed by atoms with Crippen molar-refractivity contribution in [1.29, 1.82) is 0 Å². The number of hydrogen-bond donors (Lipinski definition) is 1. The number of hydrogen-bond acceptors (Lipinski definition) is 3. The molecule has 1 unspecified atom stereocenters. The third-order valence-electron chi connectivity index (χ3n) is 4.85. The third kappa shape index (κ3) is 6.66. The molecule has 0 fully saturated rings. The average molecular weight is 446 g/mol. The maximum atomic E-state index is 6.54. The molecule has 5 heteroatoms.